The lowest BCUT2D eigenvalue weighted by atomic mass is 10.2. The van der Waals surface area contributed by atoms with Crippen LogP contribution in [-0.4, -0.2) is 47.2 Å². The van der Waals surface area contributed by atoms with Crippen molar-refractivity contribution in [2.75, 3.05) is 13.1 Å². The maximum atomic E-state index is 11.7. The number of benzene rings is 1. The fraction of sp³-hybridized carbons (Fsp3) is 0.308. The van der Waals surface area contributed by atoms with E-state index in [1.54, 1.807) is 30.3 Å². The van der Waals surface area contributed by atoms with Gasteiger partial charge in [0.1, 0.15) is 6.04 Å². The highest BCUT2D eigenvalue weighted by Gasteiger charge is 2.19. The number of rotatable bonds is 8. The Morgan fingerprint density at radius 3 is 2.25 bits per heavy atom. The molecule has 0 spiro atoms. The number of hydrogen-bond acceptors (Lipinski definition) is 4. The average Bonchev–Trinajstić information content (AvgIpc) is 2.42. The molecule has 108 valence electrons. The first-order valence-corrected chi connectivity index (χ1v) is 6.02. The van der Waals surface area contributed by atoms with Gasteiger partial charge in [-0.3, -0.25) is 14.4 Å². The Hall–Kier alpha value is -2.41. The normalized spacial score (nSPS) is 11.6. The quantitative estimate of drug-likeness (QED) is 0.496. The van der Waals surface area contributed by atoms with Crippen molar-refractivity contribution in [2.24, 2.45) is 0 Å². The first-order chi connectivity index (χ1) is 9.50. The van der Waals surface area contributed by atoms with Crippen molar-refractivity contribution in [3.63, 3.8) is 0 Å². The number of carboxylic acid groups (broad SMARTS) is 2. The van der Waals surface area contributed by atoms with Crippen LogP contribution < -0.4 is 10.6 Å². The van der Waals surface area contributed by atoms with E-state index in [0.717, 1.165) is 0 Å². The van der Waals surface area contributed by atoms with E-state index >= 15 is 0 Å². The summed E-state index contributed by atoms with van der Waals surface area (Å²) in [5.41, 5.74) is 0.507. The summed E-state index contributed by atoms with van der Waals surface area (Å²) in [6.45, 7) is 0.375. The second kappa shape index (κ2) is 7.90. The molecular weight excluding hydrogens is 264 g/mol. The molecule has 0 fully saturated rings. The van der Waals surface area contributed by atoms with Crippen LogP contribution in [0.15, 0.2) is 30.3 Å². The topological polar surface area (TPSA) is 116 Å². The van der Waals surface area contributed by atoms with E-state index in [0.29, 0.717) is 5.56 Å². The molecule has 7 nitrogen and oxygen atoms in total. The maximum absolute atomic E-state index is 11.7. The third-order valence-corrected chi connectivity index (χ3v) is 2.51. The molecule has 0 aliphatic carbocycles. The van der Waals surface area contributed by atoms with Crippen molar-refractivity contribution in [3.8, 4) is 0 Å². The molecule has 0 radical (unpaired) electrons. The van der Waals surface area contributed by atoms with Crippen LogP contribution in [0.4, 0.5) is 0 Å². The summed E-state index contributed by atoms with van der Waals surface area (Å²) in [5.74, 6) is -2.70. The van der Waals surface area contributed by atoms with Gasteiger partial charge in [0.2, 0.25) is 0 Å². The highest BCUT2D eigenvalue weighted by molar-refractivity contribution is 5.94. The molecule has 0 saturated heterocycles. The Bertz CT molecular complexity index is 475. The number of carboxylic acids is 2. The summed E-state index contributed by atoms with van der Waals surface area (Å²) < 4.78 is 0. The van der Waals surface area contributed by atoms with Gasteiger partial charge in [0, 0.05) is 18.7 Å². The zero-order valence-electron chi connectivity index (χ0n) is 10.7. The first-order valence-electron chi connectivity index (χ1n) is 6.02. The summed E-state index contributed by atoms with van der Waals surface area (Å²) in [4.78, 5) is 32.9. The molecule has 0 aliphatic heterocycles. The third kappa shape index (κ3) is 5.49. The second-order valence-electron chi connectivity index (χ2n) is 4.06. The average molecular weight is 280 g/mol. The van der Waals surface area contributed by atoms with Crippen LogP contribution in [0.25, 0.3) is 0 Å². The smallest absolute Gasteiger partial charge is 0.321 e. The van der Waals surface area contributed by atoms with E-state index in [-0.39, 0.29) is 19.0 Å². The van der Waals surface area contributed by atoms with Crippen molar-refractivity contribution in [1.29, 1.82) is 0 Å². The summed E-state index contributed by atoms with van der Waals surface area (Å²) >= 11 is 0. The molecule has 0 bridgehead atoms. The molecule has 0 heterocycles. The zero-order valence-corrected chi connectivity index (χ0v) is 10.7. The Kier molecular flexibility index (Phi) is 6.18. The highest BCUT2D eigenvalue weighted by Crippen LogP contribution is 1.97. The third-order valence-electron chi connectivity index (χ3n) is 2.51. The summed E-state index contributed by atoms with van der Waals surface area (Å²) in [7, 11) is 0. The number of amides is 1. The maximum Gasteiger partial charge on any atom is 0.321 e. The van der Waals surface area contributed by atoms with Crippen molar-refractivity contribution in [2.45, 2.75) is 12.5 Å². The second-order valence-corrected chi connectivity index (χ2v) is 4.06. The fourth-order valence-electron chi connectivity index (χ4n) is 1.54. The highest BCUT2D eigenvalue weighted by atomic mass is 16.4. The molecule has 4 N–H and O–H groups in total. The van der Waals surface area contributed by atoms with E-state index in [4.69, 9.17) is 10.2 Å². The van der Waals surface area contributed by atoms with E-state index in [1.165, 1.54) is 0 Å². The largest absolute Gasteiger partial charge is 0.481 e. The van der Waals surface area contributed by atoms with Gasteiger partial charge in [0.25, 0.3) is 5.91 Å². The van der Waals surface area contributed by atoms with Gasteiger partial charge in [-0.05, 0) is 12.1 Å². The van der Waals surface area contributed by atoms with E-state index in [2.05, 4.69) is 10.6 Å². The lowest BCUT2D eigenvalue weighted by molar-refractivity contribution is -0.145. The lowest BCUT2D eigenvalue weighted by Gasteiger charge is -2.12. The Morgan fingerprint density at radius 2 is 1.70 bits per heavy atom. The van der Waals surface area contributed by atoms with Gasteiger partial charge < -0.3 is 20.8 Å². The molecule has 0 aliphatic rings. The van der Waals surface area contributed by atoms with Gasteiger partial charge in [-0.25, -0.2) is 0 Å². The molecular formula is C13H16N2O5. The number of nitrogens with one attached hydrogen (secondary N) is 2. The van der Waals surface area contributed by atoms with Gasteiger partial charge in [-0.1, -0.05) is 18.2 Å². The molecule has 0 saturated carbocycles. The van der Waals surface area contributed by atoms with Crippen LogP contribution in [0.5, 0.6) is 0 Å². The first kappa shape index (κ1) is 15.6. The molecule has 1 amide bonds. The Morgan fingerprint density at radius 1 is 1.05 bits per heavy atom. The summed E-state index contributed by atoms with van der Waals surface area (Å²) in [6, 6.07) is 7.42. The molecule has 1 rings (SSSR count). The number of carbonyl (C=O) groups excluding carboxylic acids is 1. The zero-order chi connectivity index (χ0) is 15.0. The van der Waals surface area contributed by atoms with E-state index in [9.17, 15) is 14.4 Å². The van der Waals surface area contributed by atoms with Crippen molar-refractivity contribution < 1.29 is 24.6 Å². The van der Waals surface area contributed by atoms with Crippen LogP contribution in [0.2, 0.25) is 0 Å². The van der Waals surface area contributed by atoms with E-state index in [1.807, 2.05) is 0 Å². The summed E-state index contributed by atoms with van der Waals surface area (Å²) in [6.07, 6.45) is -0.512. The molecule has 20 heavy (non-hydrogen) atoms. The fourth-order valence-corrected chi connectivity index (χ4v) is 1.54. The molecule has 7 heteroatoms. The molecule has 1 aromatic rings. The molecule has 0 unspecified atom stereocenters. The van der Waals surface area contributed by atoms with E-state index < -0.39 is 24.4 Å². The lowest BCUT2D eigenvalue weighted by Crippen LogP contribution is -2.42. The minimum absolute atomic E-state index is 0.169. The van der Waals surface area contributed by atoms with Crippen molar-refractivity contribution in [3.05, 3.63) is 35.9 Å². The standard InChI is InChI=1S/C13H16N2O5/c16-11(17)8-10(13(19)20)14-6-7-15-12(18)9-4-2-1-3-5-9/h1-5,10,14H,6-8H2,(H,15,18)(H,16,17)(H,19,20)/t10-/m0/s1. The van der Waals surface area contributed by atoms with Gasteiger partial charge >= 0.3 is 11.9 Å². The number of aliphatic carboxylic acids is 2. The van der Waals surface area contributed by atoms with Crippen LogP contribution in [0.3, 0.4) is 0 Å². The predicted molar refractivity (Wildman–Crippen MR) is 70.5 cm³/mol. The Balaban J connectivity index is 2.32. The monoisotopic (exact) mass is 280 g/mol. The SMILES string of the molecule is O=C(O)C[C@H](NCCNC(=O)c1ccccc1)C(=O)O. The molecule has 0 aromatic heterocycles. The van der Waals surface area contributed by atoms with Crippen LogP contribution >= 0.6 is 0 Å². The Labute approximate surface area is 115 Å². The van der Waals surface area contributed by atoms with Gasteiger partial charge in [-0.15, -0.1) is 0 Å². The number of hydrogen-bond donors (Lipinski definition) is 4. The predicted octanol–water partition coefficient (Wildman–Crippen LogP) is -0.0661. The summed E-state index contributed by atoms with van der Waals surface area (Å²) in [5, 5.41) is 22.5. The van der Waals surface area contributed by atoms with Gasteiger partial charge in [0.15, 0.2) is 0 Å². The molecule has 1 atom stereocenters. The van der Waals surface area contributed by atoms with Crippen LogP contribution in [0.1, 0.15) is 16.8 Å². The molecule has 1 aromatic carbocycles. The number of carbonyl (C=O) groups is 3. The van der Waals surface area contributed by atoms with Gasteiger partial charge in [-0.2, -0.15) is 0 Å². The van der Waals surface area contributed by atoms with Crippen LogP contribution in [-0.2, 0) is 9.59 Å². The van der Waals surface area contributed by atoms with Crippen molar-refractivity contribution >= 4 is 17.8 Å². The van der Waals surface area contributed by atoms with Crippen molar-refractivity contribution in [1.82, 2.24) is 10.6 Å². The van der Waals surface area contributed by atoms with Gasteiger partial charge in [0.05, 0.1) is 6.42 Å². The minimum Gasteiger partial charge on any atom is -0.481 e. The van der Waals surface area contributed by atoms with Crippen LogP contribution in [0, 0.1) is 0 Å². The minimum atomic E-state index is -1.23.